The normalized spacial score (nSPS) is 24.5. The van der Waals surface area contributed by atoms with Crippen LogP contribution in [0.5, 0.6) is 0 Å². The number of piperazine rings is 1. The molecule has 2 rings (SSSR count). The fraction of sp³-hybridized carbons (Fsp3) is 0.706. The topological polar surface area (TPSA) is 28.2 Å². The fourth-order valence-electron chi connectivity index (χ4n) is 3.03. The van der Waals surface area contributed by atoms with Crippen molar-refractivity contribution < 1.29 is 0 Å². The third kappa shape index (κ3) is 4.03. The molecule has 112 valence electrons. The van der Waals surface area contributed by atoms with Crippen molar-refractivity contribution in [2.45, 2.75) is 46.2 Å². The Morgan fingerprint density at radius 1 is 1.30 bits per heavy atom. The minimum atomic E-state index is 0.624. The van der Waals surface area contributed by atoms with Gasteiger partial charge in [0, 0.05) is 44.1 Å². The number of hydrogen-bond acceptors (Lipinski definition) is 3. The van der Waals surface area contributed by atoms with Crippen molar-refractivity contribution in [1.82, 2.24) is 15.2 Å². The lowest BCUT2D eigenvalue weighted by Crippen LogP contribution is -2.59. The largest absolute Gasteiger partial charge is 0.311 e. The number of pyridine rings is 1. The molecule has 0 radical (unpaired) electrons. The van der Waals surface area contributed by atoms with Crippen LogP contribution < -0.4 is 5.32 Å². The smallest absolute Gasteiger partial charge is 0.0300 e. The average molecular weight is 275 g/mol. The van der Waals surface area contributed by atoms with E-state index in [2.05, 4.69) is 49.0 Å². The molecule has 3 nitrogen and oxygen atoms in total. The molecule has 0 amide bonds. The highest BCUT2D eigenvalue weighted by Crippen LogP contribution is 2.18. The first-order chi connectivity index (χ1) is 9.58. The molecule has 2 atom stereocenters. The van der Waals surface area contributed by atoms with E-state index in [0.29, 0.717) is 23.9 Å². The molecular weight excluding hydrogens is 246 g/mol. The van der Waals surface area contributed by atoms with Gasteiger partial charge in [0.1, 0.15) is 0 Å². The van der Waals surface area contributed by atoms with Gasteiger partial charge < -0.3 is 5.32 Å². The van der Waals surface area contributed by atoms with Crippen molar-refractivity contribution in [3.8, 4) is 0 Å². The summed E-state index contributed by atoms with van der Waals surface area (Å²) >= 11 is 0. The molecule has 0 bridgehead atoms. The van der Waals surface area contributed by atoms with Gasteiger partial charge in [-0.05, 0) is 29.9 Å². The Morgan fingerprint density at radius 2 is 2.10 bits per heavy atom. The minimum Gasteiger partial charge on any atom is -0.311 e. The van der Waals surface area contributed by atoms with Crippen LogP contribution in [0.4, 0.5) is 0 Å². The van der Waals surface area contributed by atoms with Crippen LogP contribution in [0.25, 0.3) is 0 Å². The van der Waals surface area contributed by atoms with Gasteiger partial charge in [0.25, 0.3) is 0 Å². The van der Waals surface area contributed by atoms with E-state index in [1.165, 1.54) is 12.1 Å². The molecule has 1 N–H and O–H groups in total. The van der Waals surface area contributed by atoms with E-state index in [-0.39, 0.29) is 0 Å². The summed E-state index contributed by atoms with van der Waals surface area (Å²) in [7, 11) is 0. The quantitative estimate of drug-likeness (QED) is 0.895. The van der Waals surface area contributed by atoms with Crippen molar-refractivity contribution in [2.75, 3.05) is 19.6 Å². The first-order valence-electron chi connectivity index (χ1n) is 7.94. The number of rotatable bonds is 5. The van der Waals surface area contributed by atoms with Crippen molar-refractivity contribution in [3.05, 3.63) is 30.1 Å². The van der Waals surface area contributed by atoms with Crippen LogP contribution in [0.15, 0.2) is 24.5 Å². The lowest BCUT2D eigenvalue weighted by molar-refractivity contribution is 0.0863. The van der Waals surface area contributed by atoms with Gasteiger partial charge >= 0.3 is 0 Å². The van der Waals surface area contributed by atoms with Crippen molar-refractivity contribution in [3.63, 3.8) is 0 Å². The summed E-state index contributed by atoms with van der Waals surface area (Å²) in [5.74, 6) is 1.40. The zero-order valence-corrected chi connectivity index (χ0v) is 13.3. The second-order valence-corrected chi connectivity index (χ2v) is 6.68. The van der Waals surface area contributed by atoms with Gasteiger partial charge in [-0.3, -0.25) is 9.88 Å². The lowest BCUT2D eigenvalue weighted by Gasteiger charge is -2.43. The van der Waals surface area contributed by atoms with Crippen molar-refractivity contribution in [1.29, 1.82) is 0 Å². The summed E-state index contributed by atoms with van der Waals surface area (Å²) in [4.78, 5) is 6.89. The molecule has 20 heavy (non-hydrogen) atoms. The molecule has 1 fully saturated rings. The molecule has 0 spiro atoms. The number of aromatic nitrogens is 1. The van der Waals surface area contributed by atoms with E-state index in [4.69, 9.17) is 0 Å². The Bertz CT molecular complexity index is 388. The zero-order valence-electron chi connectivity index (χ0n) is 13.3. The second kappa shape index (κ2) is 7.19. The van der Waals surface area contributed by atoms with Crippen LogP contribution in [0.1, 0.15) is 33.3 Å². The predicted octanol–water partition coefficient (Wildman–Crippen LogP) is 2.58. The van der Waals surface area contributed by atoms with Gasteiger partial charge in [0.05, 0.1) is 0 Å². The first-order valence-corrected chi connectivity index (χ1v) is 7.94. The molecule has 0 aromatic carbocycles. The molecular formula is C17H29N3. The van der Waals surface area contributed by atoms with Crippen LogP contribution in [0.3, 0.4) is 0 Å². The third-order valence-electron chi connectivity index (χ3n) is 4.47. The Hall–Kier alpha value is -0.930. The van der Waals surface area contributed by atoms with Gasteiger partial charge in [0.15, 0.2) is 0 Å². The minimum absolute atomic E-state index is 0.624. The van der Waals surface area contributed by atoms with E-state index in [0.717, 1.165) is 19.5 Å². The maximum Gasteiger partial charge on any atom is 0.0300 e. The summed E-state index contributed by atoms with van der Waals surface area (Å²) in [5.41, 5.74) is 1.34. The summed E-state index contributed by atoms with van der Waals surface area (Å²) in [5, 5.41) is 3.72. The average Bonchev–Trinajstić information content (AvgIpc) is 2.45. The van der Waals surface area contributed by atoms with E-state index in [1.807, 2.05) is 18.5 Å². The standard InChI is InChI=1S/C17H29N3/c1-13(2)16-12-20(17(11-19-16)14(3)4)9-7-15-6-5-8-18-10-15/h5-6,8,10,13-14,16-17,19H,7,9,11-12H2,1-4H3. The van der Waals surface area contributed by atoms with Gasteiger partial charge in [-0.25, -0.2) is 0 Å². The fourth-order valence-corrected chi connectivity index (χ4v) is 3.03. The van der Waals surface area contributed by atoms with Crippen LogP contribution >= 0.6 is 0 Å². The van der Waals surface area contributed by atoms with E-state index >= 15 is 0 Å². The van der Waals surface area contributed by atoms with E-state index in [9.17, 15) is 0 Å². The third-order valence-corrected chi connectivity index (χ3v) is 4.47. The SMILES string of the molecule is CC(C)C1CN(CCc2cccnc2)C(C(C)C)CN1. The molecule has 0 saturated carbocycles. The van der Waals surface area contributed by atoms with Crippen LogP contribution in [0, 0.1) is 11.8 Å². The highest BCUT2D eigenvalue weighted by Gasteiger charge is 2.30. The van der Waals surface area contributed by atoms with Gasteiger partial charge in [-0.15, -0.1) is 0 Å². The molecule has 3 heteroatoms. The van der Waals surface area contributed by atoms with Crippen LogP contribution in [-0.4, -0.2) is 41.6 Å². The monoisotopic (exact) mass is 275 g/mol. The molecule has 2 heterocycles. The maximum atomic E-state index is 4.21. The Balaban J connectivity index is 1.96. The number of nitrogens with zero attached hydrogens (tertiary/aromatic N) is 2. The molecule has 1 aromatic heterocycles. The number of nitrogens with one attached hydrogen (secondary N) is 1. The Morgan fingerprint density at radius 3 is 2.70 bits per heavy atom. The Labute approximate surface area is 123 Å². The second-order valence-electron chi connectivity index (χ2n) is 6.68. The predicted molar refractivity (Wildman–Crippen MR) is 84.8 cm³/mol. The highest BCUT2D eigenvalue weighted by molar-refractivity contribution is 5.09. The van der Waals surface area contributed by atoms with E-state index in [1.54, 1.807) is 0 Å². The van der Waals surface area contributed by atoms with Crippen LogP contribution in [-0.2, 0) is 6.42 Å². The van der Waals surface area contributed by atoms with Crippen LogP contribution in [0.2, 0.25) is 0 Å². The lowest BCUT2D eigenvalue weighted by atomic mass is 9.94. The van der Waals surface area contributed by atoms with Crippen molar-refractivity contribution in [2.24, 2.45) is 11.8 Å². The summed E-state index contributed by atoms with van der Waals surface area (Å²) in [6.07, 6.45) is 4.94. The van der Waals surface area contributed by atoms with Crippen molar-refractivity contribution >= 4 is 0 Å². The summed E-state index contributed by atoms with van der Waals surface area (Å²) in [6.45, 7) is 12.7. The highest BCUT2D eigenvalue weighted by atomic mass is 15.2. The summed E-state index contributed by atoms with van der Waals surface area (Å²) in [6, 6.07) is 5.49. The molecule has 1 aromatic rings. The zero-order chi connectivity index (χ0) is 14.5. The molecule has 1 aliphatic heterocycles. The maximum absolute atomic E-state index is 4.21. The van der Waals surface area contributed by atoms with E-state index < -0.39 is 0 Å². The molecule has 2 unspecified atom stereocenters. The van der Waals surface area contributed by atoms with Gasteiger partial charge in [-0.1, -0.05) is 33.8 Å². The molecule has 1 aliphatic rings. The van der Waals surface area contributed by atoms with Gasteiger partial charge in [-0.2, -0.15) is 0 Å². The number of hydrogen-bond donors (Lipinski definition) is 1. The summed E-state index contributed by atoms with van der Waals surface area (Å²) < 4.78 is 0. The Kier molecular flexibility index (Phi) is 5.55. The van der Waals surface area contributed by atoms with Gasteiger partial charge in [0.2, 0.25) is 0 Å². The first kappa shape index (κ1) is 15.5. The molecule has 1 saturated heterocycles. The molecule has 0 aliphatic carbocycles.